The molecule has 2 heterocycles. The summed E-state index contributed by atoms with van der Waals surface area (Å²) in [6.45, 7) is -1.01. The van der Waals surface area contributed by atoms with E-state index in [0.717, 1.165) is 0 Å². The van der Waals surface area contributed by atoms with Crippen LogP contribution >= 0.6 is 0 Å². The lowest BCUT2D eigenvalue weighted by Gasteiger charge is -2.43. The van der Waals surface area contributed by atoms with Crippen molar-refractivity contribution in [2.45, 2.75) is 92.8 Å². The number of hydrogen-bond donors (Lipinski definition) is 11. The summed E-state index contributed by atoms with van der Waals surface area (Å²) >= 11 is 0. The quantitative estimate of drug-likeness (QED) is 0.136. The minimum absolute atomic E-state index is 0.572. The topological polar surface area (TPSA) is 259 Å². The Morgan fingerprint density at radius 2 is 1.24 bits per heavy atom. The van der Waals surface area contributed by atoms with E-state index in [9.17, 15) is 51.1 Å². The second-order valence-electron chi connectivity index (χ2n) is 8.12. The average Bonchev–Trinajstić information content (AvgIpc) is 2.81. The minimum Gasteiger partial charge on any atom is -0.394 e. The Hall–Kier alpha value is -0.600. The van der Waals surface area contributed by atoms with Crippen LogP contribution < -0.4 is 0 Å². The van der Waals surface area contributed by atoms with E-state index in [4.69, 9.17) is 24.1 Å². The third kappa shape index (κ3) is 6.54. The maximum atomic E-state index is 10.2. The van der Waals surface area contributed by atoms with Gasteiger partial charge in [0.1, 0.15) is 67.1 Å². The zero-order chi connectivity index (χ0) is 25.0. The van der Waals surface area contributed by atoms with Crippen molar-refractivity contribution in [3.05, 3.63) is 0 Å². The molecule has 0 bridgehead atoms. The highest BCUT2D eigenvalue weighted by molar-refractivity contribution is 4.92. The first kappa shape index (κ1) is 28.6. The Kier molecular flexibility index (Phi) is 10.7. The SMILES string of the molecule is C[C@@H]1O[C@@H](OC[C@H]2O[C@@H](O[C@@H]([C@H](O)[C@@H](O)CO)[C@H](O)CO)[C@H](O)[C@@H](O)[C@H]2O)[C@@H](O)[C@H](O)[C@@H]1O. The number of hydrogen-bond acceptors (Lipinski definition) is 15. The fraction of sp³-hybridized carbons (Fsp3) is 1.00. The van der Waals surface area contributed by atoms with Gasteiger partial charge in [-0.15, -0.1) is 0 Å². The van der Waals surface area contributed by atoms with E-state index in [0.29, 0.717) is 0 Å². The van der Waals surface area contributed by atoms with Crippen LogP contribution in [0.3, 0.4) is 0 Å². The second-order valence-corrected chi connectivity index (χ2v) is 8.12. The van der Waals surface area contributed by atoms with Crippen LogP contribution in [0.4, 0.5) is 0 Å². The van der Waals surface area contributed by atoms with Gasteiger partial charge in [-0.05, 0) is 6.92 Å². The van der Waals surface area contributed by atoms with Crippen molar-refractivity contribution in [2.75, 3.05) is 19.8 Å². The summed E-state index contributed by atoms with van der Waals surface area (Å²) in [7, 11) is 0. The first-order chi connectivity index (χ1) is 15.4. The smallest absolute Gasteiger partial charge is 0.187 e. The maximum absolute atomic E-state index is 10.2. The molecule has 0 aliphatic carbocycles. The Morgan fingerprint density at radius 3 is 1.82 bits per heavy atom. The summed E-state index contributed by atoms with van der Waals surface area (Å²) in [6, 6.07) is 0. The number of ether oxygens (including phenoxy) is 4. The summed E-state index contributed by atoms with van der Waals surface area (Å²) in [5, 5.41) is 108. The molecule has 2 fully saturated rings. The second kappa shape index (κ2) is 12.4. The molecule has 33 heavy (non-hydrogen) atoms. The maximum Gasteiger partial charge on any atom is 0.187 e. The molecule has 2 rings (SSSR count). The molecular weight excluding hydrogens is 456 g/mol. The highest BCUT2D eigenvalue weighted by atomic mass is 16.7. The van der Waals surface area contributed by atoms with Crippen LogP contribution in [0.5, 0.6) is 0 Å². The van der Waals surface area contributed by atoms with Crippen LogP contribution in [0.2, 0.25) is 0 Å². The summed E-state index contributed by atoms with van der Waals surface area (Å²) < 4.78 is 21.2. The van der Waals surface area contributed by atoms with Crippen molar-refractivity contribution in [2.24, 2.45) is 0 Å². The van der Waals surface area contributed by atoms with Crippen molar-refractivity contribution >= 4 is 0 Å². The standard InChI is InChI=1S/C18H34O15/c1-5-9(23)12(26)14(28)17(31-5)30-4-8-11(25)13(27)15(29)18(32-8)33-16(7(22)3-20)10(24)6(21)2-19/h5-29H,2-4H2,1H3/t5-,6-,7+,8+,9+,10+,11-,12+,13-,14-,15+,16+,17+,18-/m0/s1. The van der Waals surface area contributed by atoms with Gasteiger partial charge in [-0.25, -0.2) is 0 Å². The Labute approximate surface area is 188 Å². The van der Waals surface area contributed by atoms with Gasteiger partial charge in [-0.1, -0.05) is 0 Å². The van der Waals surface area contributed by atoms with Crippen molar-refractivity contribution in [1.82, 2.24) is 0 Å². The molecule has 0 aromatic rings. The molecule has 2 saturated heterocycles. The Balaban J connectivity index is 2.09. The van der Waals surface area contributed by atoms with Crippen LogP contribution in [-0.2, 0) is 18.9 Å². The Bertz CT molecular complexity index is 583. The van der Waals surface area contributed by atoms with E-state index in [1.807, 2.05) is 0 Å². The largest absolute Gasteiger partial charge is 0.394 e. The van der Waals surface area contributed by atoms with Crippen molar-refractivity contribution in [3.63, 3.8) is 0 Å². The highest BCUT2D eigenvalue weighted by Gasteiger charge is 2.48. The monoisotopic (exact) mass is 490 g/mol. The number of aliphatic hydroxyl groups excluding tert-OH is 11. The zero-order valence-electron chi connectivity index (χ0n) is 17.8. The lowest BCUT2D eigenvalue weighted by Crippen LogP contribution is -2.62. The van der Waals surface area contributed by atoms with Gasteiger partial charge in [0.15, 0.2) is 12.6 Å². The predicted octanol–water partition coefficient (Wildman–Crippen LogP) is -6.91. The van der Waals surface area contributed by atoms with Crippen LogP contribution in [0.15, 0.2) is 0 Å². The van der Waals surface area contributed by atoms with Gasteiger partial charge in [0.25, 0.3) is 0 Å². The van der Waals surface area contributed by atoms with Gasteiger partial charge in [-0.2, -0.15) is 0 Å². The van der Waals surface area contributed by atoms with Gasteiger partial charge < -0.3 is 75.1 Å². The highest BCUT2D eigenvalue weighted by Crippen LogP contribution is 2.27. The van der Waals surface area contributed by atoms with E-state index in [1.54, 1.807) is 0 Å². The van der Waals surface area contributed by atoms with Gasteiger partial charge in [-0.3, -0.25) is 0 Å². The van der Waals surface area contributed by atoms with Crippen molar-refractivity contribution in [1.29, 1.82) is 0 Å². The summed E-state index contributed by atoms with van der Waals surface area (Å²) in [5.41, 5.74) is 0. The molecule has 2 aliphatic rings. The molecule has 11 N–H and O–H groups in total. The fourth-order valence-corrected chi connectivity index (χ4v) is 3.49. The third-order valence-corrected chi connectivity index (χ3v) is 5.68. The lowest BCUT2D eigenvalue weighted by atomic mass is 9.98. The summed E-state index contributed by atoms with van der Waals surface area (Å²) in [5.74, 6) is 0. The molecule has 14 atom stereocenters. The van der Waals surface area contributed by atoms with Crippen molar-refractivity contribution in [3.8, 4) is 0 Å². The molecule has 0 amide bonds. The molecule has 0 radical (unpaired) electrons. The molecule has 0 saturated carbocycles. The van der Waals surface area contributed by atoms with Crippen LogP contribution in [-0.4, -0.2) is 162 Å². The van der Waals surface area contributed by atoms with Gasteiger partial charge in [0.05, 0.1) is 25.9 Å². The minimum atomic E-state index is -1.94. The first-order valence-corrected chi connectivity index (χ1v) is 10.4. The normalized spacial score (nSPS) is 43.6. The summed E-state index contributed by atoms with van der Waals surface area (Å²) in [6.07, 6.45) is -23.0. The van der Waals surface area contributed by atoms with Crippen molar-refractivity contribution < 1.29 is 75.1 Å². The molecule has 0 aromatic carbocycles. The van der Waals surface area contributed by atoms with Gasteiger partial charge in [0, 0.05) is 0 Å². The van der Waals surface area contributed by atoms with Gasteiger partial charge in [0.2, 0.25) is 0 Å². The van der Waals surface area contributed by atoms with Gasteiger partial charge >= 0.3 is 0 Å². The zero-order valence-corrected chi connectivity index (χ0v) is 17.8. The molecule has 0 unspecified atom stereocenters. The molecule has 0 spiro atoms. The number of aliphatic hydroxyl groups is 11. The predicted molar refractivity (Wildman–Crippen MR) is 102 cm³/mol. The average molecular weight is 490 g/mol. The Morgan fingerprint density at radius 1 is 0.697 bits per heavy atom. The molecule has 15 heteroatoms. The van der Waals surface area contributed by atoms with E-state index < -0.39 is 106 Å². The van der Waals surface area contributed by atoms with E-state index in [1.165, 1.54) is 6.92 Å². The van der Waals surface area contributed by atoms with Crippen LogP contribution in [0.25, 0.3) is 0 Å². The van der Waals surface area contributed by atoms with E-state index in [-0.39, 0.29) is 0 Å². The summed E-state index contributed by atoms with van der Waals surface area (Å²) in [4.78, 5) is 0. The molecule has 196 valence electrons. The third-order valence-electron chi connectivity index (χ3n) is 5.68. The van der Waals surface area contributed by atoms with E-state index >= 15 is 0 Å². The molecular formula is C18H34O15. The first-order valence-electron chi connectivity index (χ1n) is 10.4. The van der Waals surface area contributed by atoms with Crippen LogP contribution in [0, 0.1) is 0 Å². The molecule has 2 aliphatic heterocycles. The number of rotatable bonds is 10. The van der Waals surface area contributed by atoms with Crippen LogP contribution in [0.1, 0.15) is 6.92 Å². The van der Waals surface area contributed by atoms with E-state index in [2.05, 4.69) is 0 Å². The lowest BCUT2D eigenvalue weighted by molar-refractivity contribution is -0.342. The fourth-order valence-electron chi connectivity index (χ4n) is 3.49. The molecule has 15 nitrogen and oxygen atoms in total. The molecule has 0 aromatic heterocycles.